The van der Waals surface area contributed by atoms with Gasteiger partial charge in [0.05, 0.1) is 9.82 Å². The number of aryl methyl sites for hydroxylation is 1. The molecule has 7 heteroatoms. The maximum absolute atomic E-state index is 10.8. The highest BCUT2D eigenvalue weighted by Crippen LogP contribution is 2.32. The third kappa shape index (κ3) is 2.62. The molecule has 6 nitrogen and oxygen atoms in total. The third-order valence-corrected chi connectivity index (χ3v) is 3.04. The van der Waals surface area contributed by atoms with Crippen LogP contribution < -0.4 is 0 Å². The van der Waals surface area contributed by atoms with E-state index in [0.717, 1.165) is 12.2 Å². The number of nitro benzene ring substituents is 1. The fourth-order valence-electron chi connectivity index (χ4n) is 1.27. The van der Waals surface area contributed by atoms with Crippen LogP contribution in [0.2, 0.25) is 0 Å². The lowest BCUT2D eigenvalue weighted by Crippen LogP contribution is -1.90. The molecule has 0 aliphatic carbocycles. The van der Waals surface area contributed by atoms with Crippen molar-refractivity contribution in [2.75, 3.05) is 0 Å². The van der Waals surface area contributed by atoms with Crippen LogP contribution in [0.4, 0.5) is 5.69 Å². The average Bonchev–Trinajstić information content (AvgIpc) is 2.77. The van der Waals surface area contributed by atoms with Gasteiger partial charge in [-0.15, -0.1) is 5.10 Å². The fraction of sp³-hybridized carbons (Fsp3) is 0.200. The molecule has 88 valence electrons. The number of aromatic amines is 1. The van der Waals surface area contributed by atoms with Crippen molar-refractivity contribution in [3.63, 3.8) is 0 Å². The van der Waals surface area contributed by atoms with Gasteiger partial charge in [-0.3, -0.25) is 15.2 Å². The van der Waals surface area contributed by atoms with Gasteiger partial charge in [-0.05, 0) is 17.8 Å². The van der Waals surface area contributed by atoms with Gasteiger partial charge in [0, 0.05) is 12.5 Å². The van der Waals surface area contributed by atoms with Gasteiger partial charge in [0.1, 0.15) is 5.82 Å². The third-order valence-electron chi connectivity index (χ3n) is 2.11. The molecule has 0 spiro atoms. The Balaban J connectivity index is 2.26. The number of hydrogen-bond donors (Lipinski definition) is 1. The van der Waals surface area contributed by atoms with Gasteiger partial charge in [-0.25, -0.2) is 4.98 Å². The van der Waals surface area contributed by atoms with Crippen LogP contribution in [0.25, 0.3) is 0 Å². The van der Waals surface area contributed by atoms with E-state index in [1.165, 1.54) is 17.8 Å². The van der Waals surface area contributed by atoms with Gasteiger partial charge in [-0.1, -0.05) is 19.1 Å². The molecule has 0 aliphatic rings. The molecule has 0 amide bonds. The Kier molecular flexibility index (Phi) is 3.38. The molecule has 1 aromatic carbocycles. The summed E-state index contributed by atoms with van der Waals surface area (Å²) in [6.45, 7) is 1.96. The van der Waals surface area contributed by atoms with Gasteiger partial charge in [0.25, 0.3) is 5.69 Å². The summed E-state index contributed by atoms with van der Waals surface area (Å²) in [4.78, 5) is 15.1. The topological polar surface area (TPSA) is 84.7 Å². The molecule has 0 fully saturated rings. The van der Waals surface area contributed by atoms with Crippen molar-refractivity contribution in [2.45, 2.75) is 23.4 Å². The van der Waals surface area contributed by atoms with Crippen LogP contribution in [-0.4, -0.2) is 20.1 Å². The first kappa shape index (κ1) is 11.6. The minimum Gasteiger partial charge on any atom is -0.262 e. The van der Waals surface area contributed by atoms with E-state index in [9.17, 15) is 10.1 Å². The zero-order valence-corrected chi connectivity index (χ0v) is 9.90. The first-order chi connectivity index (χ1) is 8.20. The number of aromatic nitrogens is 3. The lowest BCUT2D eigenvalue weighted by molar-refractivity contribution is -0.387. The molecule has 0 saturated carbocycles. The molecule has 2 rings (SSSR count). The Morgan fingerprint density at radius 2 is 2.24 bits per heavy atom. The molecule has 1 N–H and O–H groups in total. The Morgan fingerprint density at radius 1 is 1.47 bits per heavy atom. The fourth-order valence-corrected chi connectivity index (χ4v) is 2.11. The lowest BCUT2D eigenvalue weighted by Gasteiger charge is -1.98. The van der Waals surface area contributed by atoms with E-state index >= 15 is 0 Å². The summed E-state index contributed by atoms with van der Waals surface area (Å²) in [5, 5.41) is 18.1. The molecule has 0 atom stereocenters. The van der Waals surface area contributed by atoms with E-state index in [4.69, 9.17) is 0 Å². The number of H-pyrrole nitrogens is 1. The summed E-state index contributed by atoms with van der Waals surface area (Å²) in [6.07, 6.45) is 0.754. The molecular formula is C10H10N4O2S. The molecule has 0 radical (unpaired) electrons. The van der Waals surface area contributed by atoms with Crippen LogP contribution in [0.15, 0.2) is 34.3 Å². The van der Waals surface area contributed by atoms with Gasteiger partial charge in [-0.2, -0.15) is 0 Å². The molecule has 1 heterocycles. The highest BCUT2D eigenvalue weighted by Gasteiger charge is 2.15. The highest BCUT2D eigenvalue weighted by molar-refractivity contribution is 7.99. The number of para-hydroxylation sites is 1. The van der Waals surface area contributed by atoms with Crippen molar-refractivity contribution in [3.8, 4) is 0 Å². The van der Waals surface area contributed by atoms with Crippen LogP contribution in [0, 0.1) is 10.1 Å². The molecule has 0 aliphatic heterocycles. The number of nitrogens with zero attached hydrogens (tertiary/aromatic N) is 3. The maximum atomic E-state index is 10.8. The zero-order chi connectivity index (χ0) is 12.3. The molecule has 2 aromatic rings. The summed E-state index contributed by atoms with van der Waals surface area (Å²) < 4.78 is 0. The predicted octanol–water partition coefficient (Wildman–Crippen LogP) is 2.43. The SMILES string of the molecule is CCc1nc(Sc2ccccc2[N+](=O)[O-])n[nH]1. The number of nitro groups is 1. The summed E-state index contributed by atoms with van der Waals surface area (Å²) in [5.41, 5.74) is 0.0698. The first-order valence-corrected chi connectivity index (χ1v) is 5.85. The lowest BCUT2D eigenvalue weighted by atomic mass is 10.3. The van der Waals surface area contributed by atoms with E-state index in [-0.39, 0.29) is 5.69 Å². The average molecular weight is 250 g/mol. The number of nitrogens with one attached hydrogen (secondary N) is 1. The first-order valence-electron chi connectivity index (χ1n) is 5.03. The number of benzene rings is 1. The van der Waals surface area contributed by atoms with Crippen LogP contribution in [0.1, 0.15) is 12.7 Å². The van der Waals surface area contributed by atoms with E-state index in [2.05, 4.69) is 15.2 Å². The Bertz CT molecular complexity index is 541. The van der Waals surface area contributed by atoms with Gasteiger partial charge >= 0.3 is 0 Å². The standard InChI is InChI=1S/C10H10N4O2S/c1-2-9-11-10(13-12-9)17-8-6-4-3-5-7(8)14(15)16/h3-6H,2H2,1H3,(H,11,12,13). The quantitative estimate of drug-likeness (QED) is 0.665. The zero-order valence-electron chi connectivity index (χ0n) is 9.08. The van der Waals surface area contributed by atoms with Crippen LogP contribution in [-0.2, 0) is 6.42 Å². The van der Waals surface area contributed by atoms with Crippen molar-refractivity contribution in [3.05, 3.63) is 40.2 Å². The van der Waals surface area contributed by atoms with Crippen molar-refractivity contribution in [2.24, 2.45) is 0 Å². The molecule has 0 saturated heterocycles. The summed E-state index contributed by atoms with van der Waals surface area (Å²) in [5.74, 6) is 0.770. The van der Waals surface area contributed by atoms with E-state index in [1.807, 2.05) is 6.92 Å². The second-order valence-corrected chi connectivity index (χ2v) is 4.25. The van der Waals surface area contributed by atoms with Crippen molar-refractivity contribution in [1.82, 2.24) is 15.2 Å². The molecular weight excluding hydrogens is 240 g/mol. The highest BCUT2D eigenvalue weighted by atomic mass is 32.2. The van der Waals surface area contributed by atoms with Crippen molar-refractivity contribution < 1.29 is 4.92 Å². The van der Waals surface area contributed by atoms with Gasteiger partial charge < -0.3 is 0 Å². The molecule has 17 heavy (non-hydrogen) atoms. The number of rotatable bonds is 4. The van der Waals surface area contributed by atoms with Crippen LogP contribution in [0.5, 0.6) is 0 Å². The van der Waals surface area contributed by atoms with E-state index < -0.39 is 4.92 Å². The second kappa shape index (κ2) is 4.96. The second-order valence-electron chi connectivity index (χ2n) is 3.25. The minimum atomic E-state index is -0.407. The van der Waals surface area contributed by atoms with Crippen molar-refractivity contribution in [1.29, 1.82) is 0 Å². The normalized spacial score (nSPS) is 10.4. The van der Waals surface area contributed by atoms with E-state index in [1.54, 1.807) is 18.2 Å². The van der Waals surface area contributed by atoms with Gasteiger partial charge in [0.2, 0.25) is 5.16 Å². The summed E-state index contributed by atoms with van der Waals surface area (Å²) in [7, 11) is 0. The monoisotopic (exact) mass is 250 g/mol. The molecule has 1 aromatic heterocycles. The summed E-state index contributed by atoms with van der Waals surface area (Å²) in [6, 6.07) is 6.54. The van der Waals surface area contributed by atoms with Crippen molar-refractivity contribution >= 4 is 17.4 Å². The smallest absolute Gasteiger partial charge is 0.262 e. The Labute approximate surface area is 102 Å². The van der Waals surface area contributed by atoms with Crippen LogP contribution in [0.3, 0.4) is 0 Å². The van der Waals surface area contributed by atoms with Gasteiger partial charge in [0.15, 0.2) is 0 Å². The Hall–Kier alpha value is -1.89. The predicted molar refractivity (Wildman–Crippen MR) is 63.0 cm³/mol. The Morgan fingerprint density at radius 3 is 2.88 bits per heavy atom. The number of hydrogen-bond acceptors (Lipinski definition) is 5. The molecule has 0 unspecified atom stereocenters. The van der Waals surface area contributed by atoms with Crippen LogP contribution >= 0.6 is 11.8 Å². The molecule has 0 bridgehead atoms. The summed E-state index contributed by atoms with van der Waals surface area (Å²) >= 11 is 1.18. The maximum Gasteiger partial charge on any atom is 0.283 e. The largest absolute Gasteiger partial charge is 0.283 e. The van der Waals surface area contributed by atoms with E-state index in [0.29, 0.717) is 10.1 Å². The minimum absolute atomic E-state index is 0.0698.